The zero-order chi connectivity index (χ0) is 19.5. The summed E-state index contributed by atoms with van der Waals surface area (Å²) in [6.07, 6.45) is 4.52. The van der Waals surface area contributed by atoms with Crippen molar-refractivity contribution in [3.8, 4) is 5.75 Å². The van der Waals surface area contributed by atoms with Gasteiger partial charge in [0.2, 0.25) is 5.91 Å². The number of nitrogens with one attached hydrogen (secondary N) is 1. The number of carbonyl (C=O) groups is 3. The first-order valence-electron chi connectivity index (χ1n) is 9.31. The van der Waals surface area contributed by atoms with E-state index < -0.39 is 5.91 Å². The second-order valence-electron chi connectivity index (χ2n) is 6.82. The number of nitrogens with zero attached hydrogens (tertiary/aromatic N) is 2. The van der Waals surface area contributed by atoms with Gasteiger partial charge in [-0.25, -0.2) is 0 Å². The molecule has 3 heterocycles. The molecule has 8 nitrogen and oxygen atoms in total. The molecule has 0 unspecified atom stereocenters. The van der Waals surface area contributed by atoms with Gasteiger partial charge in [0.05, 0.1) is 12.0 Å². The highest BCUT2D eigenvalue weighted by Gasteiger charge is 2.29. The molecule has 1 saturated heterocycles. The van der Waals surface area contributed by atoms with E-state index in [-0.39, 0.29) is 30.7 Å². The van der Waals surface area contributed by atoms with Gasteiger partial charge in [-0.2, -0.15) is 0 Å². The van der Waals surface area contributed by atoms with Gasteiger partial charge in [0, 0.05) is 18.8 Å². The van der Waals surface area contributed by atoms with Crippen LogP contribution in [-0.4, -0.2) is 48.9 Å². The lowest BCUT2D eigenvalue weighted by Crippen LogP contribution is -2.47. The Morgan fingerprint density at radius 3 is 2.68 bits per heavy atom. The first-order valence-corrected chi connectivity index (χ1v) is 9.31. The highest BCUT2D eigenvalue weighted by molar-refractivity contribution is 6.05. The molecule has 2 aliphatic rings. The summed E-state index contributed by atoms with van der Waals surface area (Å²) < 4.78 is 10.6. The van der Waals surface area contributed by atoms with Crippen LogP contribution in [0.4, 0.5) is 11.4 Å². The Bertz CT molecular complexity index is 887. The maximum Gasteiger partial charge on any atom is 0.291 e. The van der Waals surface area contributed by atoms with Crippen LogP contribution in [0, 0.1) is 0 Å². The molecule has 1 fully saturated rings. The minimum atomic E-state index is -0.399. The van der Waals surface area contributed by atoms with Crippen LogP contribution in [0.3, 0.4) is 0 Å². The predicted molar refractivity (Wildman–Crippen MR) is 101 cm³/mol. The zero-order valence-electron chi connectivity index (χ0n) is 15.3. The molecule has 0 saturated carbocycles. The van der Waals surface area contributed by atoms with E-state index in [1.807, 2.05) is 0 Å². The van der Waals surface area contributed by atoms with E-state index in [9.17, 15) is 14.4 Å². The van der Waals surface area contributed by atoms with Gasteiger partial charge >= 0.3 is 0 Å². The van der Waals surface area contributed by atoms with Gasteiger partial charge in [-0.15, -0.1) is 0 Å². The van der Waals surface area contributed by atoms with Crippen LogP contribution < -0.4 is 15.0 Å². The Kier molecular flexibility index (Phi) is 5.01. The van der Waals surface area contributed by atoms with Gasteiger partial charge in [0.15, 0.2) is 12.4 Å². The number of benzene rings is 1. The van der Waals surface area contributed by atoms with Gasteiger partial charge in [0.25, 0.3) is 11.8 Å². The summed E-state index contributed by atoms with van der Waals surface area (Å²) in [5.41, 5.74) is 0.952. The van der Waals surface area contributed by atoms with Crippen molar-refractivity contribution in [3.05, 3.63) is 42.4 Å². The summed E-state index contributed by atoms with van der Waals surface area (Å²) in [4.78, 5) is 40.5. The summed E-state index contributed by atoms with van der Waals surface area (Å²) in [5, 5.41) is 2.72. The number of hydrogen-bond acceptors (Lipinski definition) is 5. The smallest absolute Gasteiger partial charge is 0.291 e. The van der Waals surface area contributed by atoms with Crippen molar-refractivity contribution < 1.29 is 23.5 Å². The fourth-order valence-electron chi connectivity index (χ4n) is 3.43. The van der Waals surface area contributed by atoms with Crippen LogP contribution in [0.25, 0.3) is 0 Å². The number of fused-ring (bicyclic) bond motifs is 1. The molecule has 2 aromatic rings. The van der Waals surface area contributed by atoms with E-state index in [1.54, 1.807) is 35.2 Å². The summed E-state index contributed by atoms with van der Waals surface area (Å²) in [7, 11) is 0. The fraction of sp³-hybridized carbons (Fsp3) is 0.350. The van der Waals surface area contributed by atoms with Gasteiger partial charge in [0.1, 0.15) is 12.3 Å². The number of anilines is 2. The van der Waals surface area contributed by atoms with E-state index in [1.165, 1.54) is 11.2 Å². The molecule has 0 bridgehead atoms. The van der Waals surface area contributed by atoms with Crippen LogP contribution in [0.2, 0.25) is 0 Å². The van der Waals surface area contributed by atoms with Gasteiger partial charge in [-0.05, 0) is 49.6 Å². The molecule has 1 N–H and O–H groups in total. The Balaban J connectivity index is 1.53. The molecule has 0 atom stereocenters. The van der Waals surface area contributed by atoms with Crippen molar-refractivity contribution in [1.82, 2.24) is 4.90 Å². The topological polar surface area (TPSA) is 92.1 Å². The third-order valence-corrected chi connectivity index (χ3v) is 4.91. The van der Waals surface area contributed by atoms with Crippen molar-refractivity contribution >= 4 is 29.1 Å². The standard InChI is InChI=1S/C20H21N3O5/c24-18(22-8-2-1-3-9-22)12-23-15-11-14(6-7-16(15)28-13-19(23)25)21-20(26)17-5-4-10-27-17/h4-7,10-11H,1-3,8-9,12-13H2,(H,21,26). The lowest BCUT2D eigenvalue weighted by atomic mass is 10.1. The molecule has 4 rings (SSSR count). The van der Waals surface area contributed by atoms with E-state index in [0.29, 0.717) is 17.1 Å². The summed E-state index contributed by atoms with van der Waals surface area (Å²) in [6, 6.07) is 8.18. The Hall–Kier alpha value is -3.29. The van der Waals surface area contributed by atoms with Gasteiger partial charge in [-0.3, -0.25) is 19.3 Å². The van der Waals surface area contributed by atoms with E-state index >= 15 is 0 Å². The molecule has 1 aromatic heterocycles. The van der Waals surface area contributed by atoms with E-state index in [4.69, 9.17) is 9.15 Å². The number of rotatable bonds is 4. The van der Waals surface area contributed by atoms with E-state index in [0.717, 1.165) is 32.4 Å². The maximum absolute atomic E-state index is 12.6. The lowest BCUT2D eigenvalue weighted by molar-refractivity contribution is -0.132. The van der Waals surface area contributed by atoms with Crippen LogP contribution in [-0.2, 0) is 9.59 Å². The number of amides is 3. The van der Waals surface area contributed by atoms with Gasteiger partial charge in [-0.1, -0.05) is 0 Å². The average molecular weight is 383 g/mol. The van der Waals surface area contributed by atoms with Crippen LogP contribution in [0.1, 0.15) is 29.8 Å². The van der Waals surface area contributed by atoms with Crippen molar-refractivity contribution in [2.24, 2.45) is 0 Å². The number of carbonyl (C=O) groups excluding carboxylic acids is 3. The van der Waals surface area contributed by atoms with Crippen LogP contribution >= 0.6 is 0 Å². The van der Waals surface area contributed by atoms with Crippen molar-refractivity contribution in [2.75, 3.05) is 36.5 Å². The fourth-order valence-corrected chi connectivity index (χ4v) is 3.43. The lowest BCUT2D eigenvalue weighted by Gasteiger charge is -2.33. The molecule has 146 valence electrons. The zero-order valence-corrected chi connectivity index (χ0v) is 15.3. The molecular formula is C20H21N3O5. The maximum atomic E-state index is 12.6. The molecule has 0 radical (unpaired) electrons. The molecule has 0 aliphatic carbocycles. The number of likely N-dealkylation sites (tertiary alicyclic amines) is 1. The summed E-state index contributed by atoms with van der Waals surface area (Å²) >= 11 is 0. The molecule has 1 aromatic carbocycles. The first kappa shape index (κ1) is 18.1. The van der Waals surface area contributed by atoms with Crippen molar-refractivity contribution in [1.29, 1.82) is 0 Å². The molecule has 2 aliphatic heterocycles. The number of hydrogen-bond donors (Lipinski definition) is 1. The first-order chi connectivity index (χ1) is 13.6. The minimum Gasteiger partial charge on any atom is -0.482 e. The molecule has 0 spiro atoms. The third-order valence-electron chi connectivity index (χ3n) is 4.91. The summed E-state index contributed by atoms with van der Waals surface area (Å²) in [6.45, 7) is 1.30. The third kappa shape index (κ3) is 3.71. The normalized spacial score (nSPS) is 16.4. The molecule has 3 amide bonds. The second-order valence-corrected chi connectivity index (χ2v) is 6.82. The van der Waals surface area contributed by atoms with Crippen LogP contribution in [0.5, 0.6) is 5.75 Å². The average Bonchev–Trinajstić information content (AvgIpc) is 3.26. The van der Waals surface area contributed by atoms with Gasteiger partial charge < -0.3 is 19.4 Å². The van der Waals surface area contributed by atoms with Crippen LogP contribution in [0.15, 0.2) is 41.0 Å². The largest absolute Gasteiger partial charge is 0.482 e. The Morgan fingerprint density at radius 2 is 1.93 bits per heavy atom. The quantitative estimate of drug-likeness (QED) is 0.874. The summed E-state index contributed by atoms with van der Waals surface area (Å²) in [5.74, 6) is -0.0773. The minimum absolute atomic E-state index is 0.0369. The highest BCUT2D eigenvalue weighted by Crippen LogP contribution is 2.34. The SMILES string of the molecule is O=C(Nc1ccc2c(c1)N(CC(=O)N1CCCCC1)C(=O)CO2)c1ccco1. The molecule has 8 heteroatoms. The number of ether oxygens (including phenoxy) is 1. The number of furan rings is 1. The Morgan fingerprint density at radius 1 is 1.11 bits per heavy atom. The second kappa shape index (κ2) is 7.75. The van der Waals surface area contributed by atoms with Crippen molar-refractivity contribution in [3.63, 3.8) is 0 Å². The predicted octanol–water partition coefficient (Wildman–Crippen LogP) is 2.27. The molecule has 28 heavy (non-hydrogen) atoms. The molecular weight excluding hydrogens is 362 g/mol. The monoisotopic (exact) mass is 383 g/mol. The van der Waals surface area contributed by atoms with E-state index in [2.05, 4.69) is 5.32 Å². The Labute approximate surface area is 162 Å². The number of piperidine rings is 1. The highest BCUT2D eigenvalue weighted by atomic mass is 16.5. The van der Waals surface area contributed by atoms with Crippen molar-refractivity contribution in [2.45, 2.75) is 19.3 Å².